The first-order chi connectivity index (χ1) is 13.3. The molecule has 0 unspecified atom stereocenters. The predicted molar refractivity (Wildman–Crippen MR) is 109 cm³/mol. The van der Waals surface area contributed by atoms with Crippen molar-refractivity contribution >= 4 is 28.5 Å². The lowest BCUT2D eigenvalue weighted by Gasteiger charge is -2.16. The topological polar surface area (TPSA) is 88.4 Å². The Kier molecular flexibility index (Phi) is 5.59. The number of amides is 1. The Morgan fingerprint density at radius 3 is 2.39 bits per heavy atom. The molecule has 0 radical (unpaired) electrons. The first-order valence-electron chi connectivity index (χ1n) is 9.05. The van der Waals surface area contributed by atoms with Crippen LogP contribution < -0.4 is 10.7 Å². The number of fused-ring (bicyclic) bond motifs is 1. The molecular formula is C22H22N2O4. The Morgan fingerprint density at radius 1 is 1.00 bits per heavy atom. The highest BCUT2D eigenvalue weighted by atomic mass is 16.4. The number of benzene rings is 2. The van der Waals surface area contributed by atoms with Gasteiger partial charge in [-0.1, -0.05) is 29.8 Å². The number of aliphatic carboxylic acids is 1. The summed E-state index contributed by atoms with van der Waals surface area (Å²) in [6.45, 7) is 4.57. The second-order valence-corrected chi connectivity index (χ2v) is 6.90. The third-order valence-electron chi connectivity index (χ3n) is 4.63. The average molecular weight is 378 g/mol. The summed E-state index contributed by atoms with van der Waals surface area (Å²) in [5.41, 5.74) is 4.32. The number of anilines is 1. The molecule has 0 aliphatic heterocycles. The fourth-order valence-electron chi connectivity index (χ4n) is 3.11. The zero-order chi connectivity index (χ0) is 20.3. The maximum Gasteiger partial charge on any atom is 0.303 e. The second-order valence-electron chi connectivity index (χ2n) is 6.90. The third kappa shape index (κ3) is 4.46. The van der Waals surface area contributed by atoms with Crippen molar-refractivity contribution in [3.63, 3.8) is 0 Å². The Balaban J connectivity index is 1.93. The molecule has 0 fully saturated rings. The normalized spacial score (nSPS) is 10.8. The largest absolute Gasteiger partial charge is 0.481 e. The van der Waals surface area contributed by atoms with Gasteiger partial charge >= 0.3 is 5.97 Å². The molecule has 3 aromatic rings. The Labute approximate surface area is 162 Å². The molecule has 0 aliphatic carbocycles. The lowest BCUT2D eigenvalue weighted by Crippen LogP contribution is -2.15. The van der Waals surface area contributed by atoms with Gasteiger partial charge in [-0.25, -0.2) is 0 Å². The van der Waals surface area contributed by atoms with E-state index in [0.717, 1.165) is 16.8 Å². The molecule has 6 heteroatoms. The highest BCUT2D eigenvalue weighted by Crippen LogP contribution is 2.20. The van der Waals surface area contributed by atoms with E-state index in [1.165, 1.54) is 5.56 Å². The number of aryl methyl sites for hydroxylation is 2. The summed E-state index contributed by atoms with van der Waals surface area (Å²) in [6, 6.07) is 15.0. The first kappa shape index (κ1) is 19.4. The summed E-state index contributed by atoms with van der Waals surface area (Å²) in [4.78, 5) is 35.0. The quantitative estimate of drug-likeness (QED) is 0.687. The minimum absolute atomic E-state index is 0.112. The van der Waals surface area contributed by atoms with Gasteiger partial charge in [-0.3, -0.25) is 14.4 Å². The number of aromatic nitrogens is 1. The van der Waals surface area contributed by atoms with Crippen molar-refractivity contribution in [2.75, 3.05) is 5.32 Å². The number of carboxylic acid groups (broad SMARTS) is 1. The van der Waals surface area contributed by atoms with E-state index in [9.17, 15) is 14.4 Å². The number of pyridine rings is 1. The fourth-order valence-corrected chi connectivity index (χ4v) is 3.11. The average Bonchev–Trinajstić information content (AvgIpc) is 2.65. The minimum atomic E-state index is -1.02. The van der Waals surface area contributed by atoms with E-state index in [1.54, 1.807) is 18.2 Å². The lowest BCUT2D eigenvalue weighted by molar-refractivity contribution is -0.138. The van der Waals surface area contributed by atoms with Crippen LogP contribution in [0.1, 0.15) is 29.7 Å². The van der Waals surface area contributed by atoms with Gasteiger partial charge in [0.25, 0.3) is 0 Å². The molecule has 6 nitrogen and oxygen atoms in total. The Morgan fingerprint density at radius 2 is 1.71 bits per heavy atom. The summed E-state index contributed by atoms with van der Waals surface area (Å²) in [6.07, 6.45) is -0.346. The van der Waals surface area contributed by atoms with Gasteiger partial charge in [-0.2, -0.15) is 0 Å². The molecule has 0 saturated carbocycles. The van der Waals surface area contributed by atoms with Crippen molar-refractivity contribution in [3.8, 4) is 0 Å². The van der Waals surface area contributed by atoms with Crippen LogP contribution in [0.2, 0.25) is 0 Å². The number of rotatable bonds is 6. The minimum Gasteiger partial charge on any atom is -0.481 e. The van der Waals surface area contributed by atoms with Crippen molar-refractivity contribution < 1.29 is 14.7 Å². The standard InChI is InChI=1S/C22H22N2O4/c1-14-3-5-16(6-4-14)13-24-15(2)11-20(25)18-12-17(7-8-19(18)24)23-21(26)9-10-22(27)28/h3-8,11-12H,9-10,13H2,1-2H3,(H,23,26)(H,27,28). The number of hydrogen-bond donors (Lipinski definition) is 2. The Bertz CT molecular complexity index is 1100. The molecule has 3 rings (SSSR count). The van der Waals surface area contributed by atoms with Crippen molar-refractivity contribution in [1.82, 2.24) is 4.57 Å². The lowest BCUT2D eigenvalue weighted by atomic mass is 10.1. The van der Waals surface area contributed by atoms with Crippen LogP contribution in [0.4, 0.5) is 5.69 Å². The molecular weight excluding hydrogens is 356 g/mol. The molecule has 2 N–H and O–H groups in total. The van der Waals surface area contributed by atoms with Crippen LogP contribution in [0.5, 0.6) is 0 Å². The van der Waals surface area contributed by atoms with Crippen molar-refractivity contribution in [2.24, 2.45) is 0 Å². The van der Waals surface area contributed by atoms with E-state index in [2.05, 4.69) is 34.1 Å². The van der Waals surface area contributed by atoms with E-state index >= 15 is 0 Å². The zero-order valence-corrected chi connectivity index (χ0v) is 15.9. The van der Waals surface area contributed by atoms with Crippen LogP contribution in [0, 0.1) is 13.8 Å². The summed E-state index contributed by atoms with van der Waals surface area (Å²) in [5.74, 6) is -1.42. The van der Waals surface area contributed by atoms with Gasteiger partial charge in [0.05, 0.1) is 11.9 Å². The highest BCUT2D eigenvalue weighted by Gasteiger charge is 2.10. The highest BCUT2D eigenvalue weighted by molar-refractivity contribution is 5.94. The van der Waals surface area contributed by atoms with Crippen LogP contribution >= 0.6 is 0 Å². The maximum atomic E-state index is 12.5. The zero-order valence-electron chi connectivity index (χ0n) is 15.9. The first-order valence-corrected chi connectivity index (χ1v) is 9.05. The molecule has 1 heterocycles. The second kappa shape index (κ2) is 8.08. The van der Waals surface area contributed by atoms with Gasteiger partial charge in [0.15, 0.2) is 5.43 Å². The Hall–Kier alpha value is -3.41. The molecule has 2 aromatic carbocycles. The summed E-state index contributed by atoms with van der Waals surface area (Å²) in [7, 11) is 0. The molecule has 0 aliphatic rings. The number of carbonyl (C=O) groups is 2. The van der Waals surface area contributed by atoms with Crippen molar-refractivity contribution in [3.05, 3.63) is 75.6 Å². The number of hydrogen-bond acceptors (Lipinski definition) is 3. The number of nitrogens with zero attached hydrogens (tertiary/aromatic N) is 1. The molecule has 0 atom stereocenters. The van der Waals surface area contributed by atoms with Gasteiger partial charge < -0.3 is 15.0 Å². The van der Waals surface area contributed by atoms with Crippen LogP contribution in [-0.2, 0) is 16.1 Å². The van der Waals surface area contributed by atoms with E-state index in [4.69, 9.17) is 5.11 Å². The number of nitrogens with one attached hydrogen (secondary N) is 1. The molecule has 0 spiro atoms. The molecule has 0 bridgehead atoms. The van der Waals surface area contributed by atoms with E-state index in [0.29, 0.717) is 17.6 Å². The monoisotopic (exact) mass is 378 g/mol. The van der Waals surface area contributed by atoms with E-state index in [-0.39, 0.29) is 18.3 Å². The van der Waals surface area contributed by atoms with Gasteiger partial charge in [0.1, 0.15) is 0 Å². The molecule has 1 amide bonds. The van der Waals surface area contributed by atoms with Crippen molar-refractivity contribution in [1.29, 1.82) is 0 Å². The summed E-state index contributed by atoms with van der Waals surface area (Å²) >= 11 is 0. The van der Waals surface area contributed by atoms with Gasteiger partial charge in [-0.15, -0.1) is 0 Å². The predicted octanol–water partition coefficient (Wildman–Crippen LogP) is 3.47. The third-order valence-corrected chi connectivity index (χ3v) is 4.63. The van der Waals surface area contributed by atoms with E-state index < -0.39 is 11.9 Å². The van der Waals surface area contributed by atoms with Crippen molar-refractivity contribution in [2.45, 2.75) is 33.2 Å². The van der Waals surface area contributed by atoms with Crippen LogP contribution in [0.3, 0.4) is 0 Å². The molecule has 144 valence electrons. The summed E-state index contributed by atoms with van der Waals surface area (Å²) < 4.78 is 2.07. The molecule has 0 saturated heterocycles. The summed E-state index contributed by atoms with van der Waals surface area (Å²) in [5, 5.41) is 11.8. The number of carbonyl (C=O) groups excluding carboxylic acids is 1. The van der Waals surface area contributed by atoms with E-state index in [1.807, 2.05) is 19.9 Å². The smallest absolute Gasteiger partial charge is 0.303 e. The SMILES string of the molecule is Cc1ccc(Cn2c(C)cc(=O)c3cc(NC(=O)CCC(=O)O)ccc32)cc1. The van der Waals surface area contributed by atoms with Crippen LogP contribution in [0.15, 0.2) is 53.3 Å². The maximum absolute atomic E-state index is 12.5. The fraction of sp³-hybridized carbons (Fsp3) is 0.227. The molecule has 1 aromatic heterocycles. The van der Waals surface area contributed by atoms with Crippen LogP contribution in [-0.4, -0.2) is 21.6 Å². The van der Waals surface area contributed by atoms with Crippen LogP contribution in [0.25, 0.3) is 10.9 Å². The van der Waals surface area contributed by atoms with Gasteiger partial charge in [0.2, 0.25) is 5.91 Å². The molecule has 28 heavy (non-hydrogen) atoms. The van der Waals surface area contributed by atoms with Gasteiger partial charge in [0, 0.05) is 35.8 Å². The number of carboxylic acids is 1. The van der Waals surface area contributed by atoms with Gasteiger partial charge in [-0.05, 0) is 37.6 Å².